The Bertz CT molecular complexity index is 844. The molecule has 134 valence electrons. The minimum absolute atomic E-state index is 0.220. The average Bonchev–Trinajstić information content (AvgIpc) is 3.00. The van der Waals surface area contributed by atoms with Crippen molar-refractivity contribution in [2.24, 2.45) is 0 Å². The van der Waals surface area contributed by atoms with Crippen LogP contribution in [0.25, 0.3) is 0 Å². The lowest BCUT2D eigenvalue weighted by Crippen LogP contribution is -2.28. The predicted molar refractivity (Wildman–Crippen MR) is 101 cm³/mol. The second-order valence-electron chi connectivity index (χ2n) is 6.52. The number of hydrogen-bond acceptors (Lipinski definition) is 3. The molecule has 1 saturated heterocycles. The van der Waals surface area contributed by atoms with Gasteiger partial charge in [-0.1, -0.05) is 38.1 Å². The first-order valence-electron chi connectivity index (χ1n) is 8.87. The van der Waals surface area contributed by atoms with Crippen molar-refractivity contribution >= 4 is 29.1 Å². The Morgan fingerprint density at radius 3 is 2.46 bits per heavy atom. The molecule has 1 fully saturated rings. The minimum atomic E-state index is -0.262. The predicted octanol–water partition coefficient (Wildman–Crippen LogP) is 4.11. The molecular weight excluding hydrogens is 328 g/mol. The van der Waals surface area contributed by atoms with Gasteiger partial charge in [0.15, 0.2) is 0 Å². The number of benzene rings is 2. The van der Waals surface area contributed by atoms with Gasteiger partial charge in [0, 0.05) is 24.1 Å². The lowest BCUT2D eigenvalue weighted by atomic mass is 9.97. The summed E-state index contributed by atoms with van der Waals surface area (Å²) in [5, 5.41) is 2.95. The Morgan fingerprint density at radius 2 is 1.77 bits per heavy atom. The minimum Gasteiger partial charge on any atom is -0.322 e. The number of amides is 3. The molecule has 1 heterocycles. The SMILES string of the molecule is CCC(C)c1ccccc1NC(=O)c1cccc(N2C(=O)CCC2=O)c1. The first-order chi connectivity index (χ1) is 12.5. The van der Waals surface area contributed by atoms with E-state index in [4.69, 9.17) is 0 Å². The maximum atomic E-state index is 12.7. The highest BCUT2D eigenvalue weighted by molar-refractivity contribution is 6.20. The van der Waals surface area contributed by atoms with Crippen LogP contribution >= 0.6 is 0 Å². The van der Waals surface area contributed by atoms with Gasteiger partial charge in [0.25, 0.3) is 5.91 Å². The molecule has 0 spiro atoms. The molecule has 2 aromatic carbocycles. The Hall–Kier alpha value is -2.95. The van der Waals surface area contributed by atoms with Crippen LogP contribution < -0.4 is 10.2 Å². The van der Waals surface area contributed by atoms with Crippen LogP contribution in [0.15, 0.2) is 48.5 Å². The van der Waals surface area contributed by atoms with Crippen molar-refractivity contribution < 1.29 is 14.4 Å². The van der Waals surface area contributed by atoms with Crippen molar-refractivity contribution in [3.8, 4) is 0 Å². The molecule has 1 aliphatic rings. The number of para-hydroxylation sites is 1. The van der Waals surface area contributed by atoms with E-state index >= 15 is 0 Å². The molecule has 1 atom stereocenters. The zero-order valence-electron chi connectivity index (χ0n) is 15.0. The van der Waals surface area contributed by atoms with Gasteiger partial charge >= 0.3 is 0 Å². The van der Waals surface area contributed by atoms with Gasteiger partial charge in [-0.25, -0.2) is 0 Å². The van der Waals surface area contributed by atoms with Crippen LogP contribution in [0.3, 0.4) is 0 Å². The topological polar surface area (TPSA) is 66.5 Å². The van der Waals surface area contributed by atoms with Gasteiger partial charge in [0.1, 0.15) is 0 Å². The Balaban J connectivity index is 1.85. The average molecular weight is 350 g/mol. The van der Waals surface area contributed by atoms with Crippen LogP contribution in [0.1, 0.15) is 54.9 Å². The summed E-state index contributed by atoms with van der Waals surface area (Å²) in [5.74, 6) is -0.385. The lowest BCUT2D eigenvalue weighted by molar-refractivity contribution is -0.121. The van der Waals surface area contributed by atoms with Crippen molar-refractivity contribution in [1.29, 1.82) is 0 Å². The normalized spacial score (nSPS) is 15.2. The van der Waals surface area contributed by atoms with Gasteiger partial charge in [0.2, 0.25) is 11.8 Å². The number of nitrogens with one attached hydrogen (secondary N) is 1. The van der Waals surface area contributed by atoms with Gasteiger partial charge in [-0.3, -0.25) is 19.3 Å². The van der Waals surface area contributed by atoms with Crippen molar-refractivity contribution in [3.63, 3.8) is 0 Å². The molecular formula is C21H22N2O3. The van der Waals surface area contributed by atoms with E-state index in [9.17, 15) is 14.4 Å². The Morgan fingerprint density at radius 1 is 1.08 bits per heavy atom. The third-order valence-corrected chi connectivity index (χ3v) is 4.77. The molecule has 3 amide bonds. The molecule has 1 unspecified atom stereocenters. The third kappa shape index (κ3) is 3.52. The van der Waals surface area contributed by atoms with Crippen molar-refractivity contribution in [2.75, 3.05) is 10.2 Å². The summed E-state index contributed by atoms with van der Waals surface area (Å²) >= 11 is 0. The highest BCUT2D eigenvalue weighted by atomic mass is 16.2. The van der Waals surface area contributed by atoms with E-state index in [0.29, 0.717) is 17.2 Å². The smallest absolute Gasteiger partial charge is 0.255 e. The maximum Gasteiger partial charge on any atom is 0.255 e. The van der Waals surface area contributed by atoms with Crippen LogP contribution in [-0.2, 0) is 9.59 Å². The van der Waals surface area contributed by atoms with Gasteiger partial charge in [-0.2, -0.15) is 0 Å². The molecule has 1 aliphatic heterocycles. The summed E-state index contributed by atoms with van der Waals surface area (Å²) in [5.41, 5.74) is 2.73. The summed E-state index contributed by atoms with van der Waals surface area (Å²) in [6, 6.07) is 14.4. The lowest BCUT2D eigenvalue weighted by Gasteiger charge is -2.17. The highest BCUT2D eigenvalue weighted by Crippen LogP contribution is 2.28. The maximum absolute atomic E-state index is 12.7. The number of carbonyl (C=O) groups is 3. The van der Waals surface area contributed by atoms with Gasteiger partial charge in [-0.15, -0.1) is 0 Å². The molecule has 0 saturated carbocycles. The number of nitrogens with zero attached hydrogens (tertiary/aromatic N) is 1. The van der Waals surface area contributed by atoms with E-state index in [-0.39, 0.29) is 30.6 Å². The van der Waals surface area contributed by atoms with Crippen molar-refractivity contribution in [1.82, 2.24) is 0 Å². The molecule has 3 rings (SSSR count). The standard InChI is InChI=1S/C21H22N2O3/c1-3-14(2)17-9-4-5-10-18(17)22-21(26)15-7-6-8-16(13-15)23-19(24)11-12-20(23)25/h4-10,13-14H,3,11-12H2,1-2H3,(H,22,26). The first kappa shape index (κ1) is 17.9. The summed E-state index contributed by atoms with van der Waals surface area (Å²) in [6.45, 7) is 4.23. The van der Waals surface area contributed by atoms with Crippen LogP contribution in [-0.4, -0.2) is 17.7 Å². The van der Waals surface area contributed by atoms with E-state index in [1.54, 1.807) is 24.3 Å². The Labute approximate surface area is 153 Å². The molecule has 0 radical (unpaired) electrons. The van der Waals surface area contributed by atoms with Crippen LogP contribution in [0.4, 0.5) is 11.4 Å². The third-order valence-electron chi connectivity index (χ3n) is 4.77. The monoisotopic (exact) mass is 350 g/mol. The number of imide groups is 1. The number of hydrogen-bond donors (Lipinski definition) is 1. The van der Waals surface area contributed by atoms with E-state index in [2.05, 4.69) is 19.2 Å². The number of anilines is 2. The summed E-state index contributed by atoms with van der Waals surface area (Å²) in [7, 11) is 0. The fourth-order valence-corrected chi connectivity index (χ4v) is 3.11. The second-order valence-corrected chi connectivity index (χ2v) is 6.52. The Kier molecular flexibility index (Phi) is 5.16. The fraction of sp³-hybridized carbons (Fsp3) is 0.286. The largest absolute Gasteiger partial charge is 0.322 e. The van der Waals surface area contributed by atoms with Gasteiger partial charge in [-0.05, 0) is 42.2 Å². The molecule has 5 heteroatoms. The van der Waals surface area contributed by atoms with Gasteiger partial charge in [0.05, 0.1) is 5.69 Å². The molecule has 0 aromatic heterocycles. The highest BCUT2D eigenvalue weighted by Gasteiger charge is 2.30. The molecule has 0 bridgehead atoms. The summed E-state index contributed by atoms with van der Waals surface area (Å²) in [6.07, 6.45) is 1.41. The summed E-state index contributed by atoms with van der Waals surface area (Å²) in [4.78, 5) is 37.7. The number of rotatable bonds is 5. The van der Waals surface area contributed by atoms with E-state index in [1.807, 2.05) is 24.3 Å². The van der Waals surface area contributed by atoms with Crippen molar-refractivity contribution in [2.45, 2.75) is 39.0 Å². The van der Waals surface area contributed by atoms with Crippen LogP contribution in [0.2, 0.25) is 0 Å². The van der Waals surface area contributed by atoms with Crippen LogP contribution in [0.5, 0.6) is 0 Å². The van der Waals surface area contributed by atoms with E-state index < -0.39 is 0 Å². The zero-order chi connectivity index (χ0) is 18.7. The fourth-order valence-electron chi connectivity index (χ4n) is 3.11. The number of carbonyl (C=O) groups excluding carboxylic acids is 3. The molecule has 1 N–H and O–H groups in total. The second kappa shape index (κ2) is 7.52. The summed E-state index contributed by atoms with van der Waals surface area (Å²) < 4.78 is 0. The quantitative estimate of drug-likeness (QED) is 0.826. The van der Waals surface area contributed by atoms with E-state index in [1.165, 1.54) is 0 Å². The van der Waals surface area contributed by atoms with Crippen molar-refractivity contribution in [3.05, 3.63) is 59.7 Å². The molecule has 0 aliphatic carbocycles. The van der Waals surface area contributed by atoms with Crippen LogP contribution in [0, 0.1) is 0 Å². The molecule has 26 heavy (non-hydrogen) atoms. The first-order valence-corrected chi connectivity index (χ1v) is 8.87. The molecule has 2 aromatic rings. The molecule has 5 nitrogen and oxygen atoms in total. The van der Waals surface area contributed by atoms with Gasteiger partial charge < -0.3 is 5.32 Å². The zero-order valence-corrected chi connectivity index (χ0v) is 15.0. The van der Waals surface area contributed by atoms with E-state index in [0.717, 1.165) is 22.6 Å².